The molecule has 5 nitrogen and oxygen atoms in total. The summed E-state index contributed by atoms with van der Waals surface area (Å²) in [6.07, 6.45) is 3.05. The quantitative estimate of drug-likeness (QED) is 0.891. The fourth-order valence-electron chi connectivity index (χ4n) is 1.75. The van der Waals surface area contributed by atoms with Gasteiger partial charge < -0.3 is 5.73 Å². The number of rotatable bonds is 4. The molecule has 0 spiro atoms. The summed E-state index contributed by atoms with van der Waals surface area (Å²) in [5.74, 6) is 0. The lowest BCUT2D eigenvalue weighted by molar-refractivity contribution is 0.601. The normalized spacial score (nSPS) is 11.4. The number of nitrogens with one attached hydrogen (secondary N) is 1. The molecule has 2 rings (SSSR count). The number of halogens is 2. The molecule has 8 heteroatoms. The molecule has 0 saturated heterocycles. The summed E-state index contributed by atoms with van der Waals surface area (Å²) in [6, 6.07) is 4.40. The van der Waals surface area contributed by atoms with Crippen LogP contribution in [0.25, 0.3) is 0 Å². The molecule has 0 saturated carbocycles. The first-order valence-electron chi connectivity index (χ1n) is 5.96. The van der Waals surface area contributed by atoms with Crippen LogP contribution < -0.4 is 10.5 Å². The highest BCUT2D eigenvalue weighted by Crippen LogP contribution is 2.30. The highest BCUT2D eigenvalue weighted by Gasteiger charge is 2.21. The molecule has 0 atom stereocenters. The monoisotopic (exact) mass is 345 g/mol. The largest absolute Gasteiger partial charge is 0.326 e. The third-order valence-corrected chi connectivity index (χ3v) is 5.02. The number of aryl methyl sites for hydroxylation is 1. The Balaban J connectivity index is 2.50. The molecule has 0 amide bonds. The van der Waals surface area contributed by atoms with Crippen LogP contribution in [0.5, 0.6) is 0 Å². The molecule has 0 unspecified atom stereocenters. The SMILES string of the molecule is Cc1cnccc1NS(=O)(=O)c1cc(Cl)cc(CN)c1Cl. The third kappa shape index (κ3) is 3.47. The Morgan fingerprint density at radius 2 is 2.05 bits per heavy atom. The highest BCUT2D eigenvalue weighted by atomic mass is 35.5. The molecule has 1 aromatic heterocycles. The van der Waals surface area contributed by atoms with Gasteiger partial charge in [0, 0.05) is 24.0 Å². The van der Waals surface area contributed by atoms with Crippen LogP contribution in [0.3, 0.4) is 0 Å². The molecule has 112 valence electrons. The Morgan fingerprint density at radius 3 is 2.67 bits per heavy atom. The van der Waals surface area contributed by atoms with E-state index in [2.05, 4.69) is 9.71 Å². The van der Waals surface area contributed by atoms with Crippen molar-refractivity contribution in [2.24, 2.45) is 5.73 Å². The van der Waals surface area contributed by atoms with Gasteiger partial charge in [-0.25, -0.2) is 8.42 Å². The average molecular weight is 346 g/mol. The number of nitrogens with two attached hydrogens (primary N) is 1. The molecule has 2 aromatic rings. The minimum atomic E-state index is -3.87. The minimum absolute atomic E-state index is 0.0705. The van der Waals surface area contributed by atoms with E-state index in [1.54, 1.807) is 25.3 Å². The summed E-state index contributed by atoms with van der Waals surface area (Å²) < 4.78 is 27.4. The molecule has 1 aromatic carbocycles. The predicted molar refractivity (Wildman–Crippen MR) is 84.1 cm³/mol. The number of nitrogens with zero attached hydrogens (tertiary/aromatic N) is 1. The smallest absolute Gasteiger partial charge is 0.263 e. The van der Waals surface area contributed by atoms with Crippen molar-refractivity contribution >= 4 is 38.9 Å². The Bertz CT molecular complexity index is 779. The molecule has 0 bridgehead atoms. The second-order valence-corrected chi connectivity index (χ2v) is 6.84. The van der Waals surface area contributed by atoms with E-state index in [9.17, 15) is 8.42 Å². The second kappa shape index (κ2) is 6.19. The van der Waals surface area contributed by atoms with Crippen molar-refractivity contribution in [1.29, 1.82) is 0 Å². The van der Waals surface area contributed by atoms with Crippen molar-refractivity contribution in [1.82, 2.24) is 4.98 Å². The number of benzene rings is 1. The van der Waals surface area contributed by atoms with Crippen LogP contribution in [0.4, 0.5) is 5.69 Å². The molecule has 21 heavy (non-hydrogen) atoms. The van der Waals surface area contributed by atoms with Crippen molar-refractivity contribution < 1.29 is 8.42 Å². The van der Waals surface area contributed by atoms with Crippen molar-refractivity contribution in [3.8, 4) is 0 Å². The molecular weight excluding hydrogens is 333 g/mol. The van der Waals surface area contributed by atoms with Gasteiger partial charge in [-0.2, -0.15) is 0 Å². The van der Waals surface area contributed by atoms with Crippen LogP contribution in [0.1, 0.15) is 11.1 Å². The molecule has 1 heterocycles. The van der Waals surface area contributed by atoms with Crippen LogP contribution in [0.2, 0.25) is 10.0 Å². The van der Waals surface area contributed by atoms with Crippen LogP contribution in [-0.4, -0.2) is 13.4 Å². The van der Waals surface area contributed by atoms with E-state index < -0.39 is 10.0 Å². The van der Waals surface area contributed by atoms with E-state index in [1.165, 1.54) is 12.3 Å². The van der Waals surface area contributed by atoms with Gasteiger partial charge in [-0.15, -0.1) is 0 Å². The van der Waals surface area contributed by atoms with Gasteiger partial charge in [0.1, 0.15) is 4.90 Å². The summed E-state index contributed by atoms with van der Waals surface area (Å²) in [6.45, 7) is 1.84. The number of hydrogen-bond donors (Lipinski definition) is 2. The number of anilines is 1. The number of pyridine rings is 1. The maximum atomic E-state index is 12.5. The number of sulfonamides is 1. The van der Waals surface area contributed by atoms with Gasteiger partial charge in [0.2, 0.25) is 0 Å². The van der Waals surface area contributed by atoms with Gasteiger partial charge >= 0.3 is 0 Å². The lowest BCUT2D eigenvalue weighted by atomic mass is 10.2. The maximum absolute atomic E-state index is 12.5. The first kappa shape index (κ1) is 16.0. The van der Waals surface area contributed by atoms with E-state index in [1.807, 2.05) is 0 Å². The molecule has 0 fully saturated rings. The van der Waals surface area contributed by atoms with Gasteiger partial charge in [0.05, 0.1) is 10.7 Å². The lowest BCUT2D eigenvalue weighted by Gasteiger charge is -2.13. The number of aromatic nitrogens is 1. The molecule has 0 aliphatic heterocycles. The van der Waals surface area contributed by atoms with E-state index in [0.29, 0.717) is 16.8 Å². The van der Waals surface area contributed by atoms with Crippen LogP contribution >= 0.6 is 23.2 Å². The summed E-state index contributed by atoms with van der Waals surface area (Å²) in [7, 11) is -3.87. The summed E-state index contributed by atoms with van der Waals surface area (Å²) in [4.78, 5) is 3.80. The standard InChI is InChI=1S/C13H13Cl2N3O2S/c1-8-7-17-3-2-11(8)18-21(19,20)12-5-10(14)4-9(6-16)13(12)15/h2-5,7H,6,16H2,1H3,(H,17,18). The fourth-order valence-corrected chi connectivity index (χ4v) is 3.82. The lowest BCUT2D eigenvalue weighted by Crippen LogP contribution is -2.15. The molecule has 0 aliphatic rings. The van der Waals surface area contributed by atoms with Crippen molar-refractivity contribution in [2.75, 3.05) is 4.72 Å². The zero-order valence-corrected chi connectivity index (χ0v) is 13.4. The molecule has 3 N–H and O–H groups in total. The summed E-state index contributed by atoms with van der Waals surface area (Å²) in [5.41, 5.74) is 7.13. The zero-order chi connectivity index (χ0) is 15.6. The summed E-state index contributed by atoms with van der Waals surface area (Å²) >= 11 is 12.0. The molecule has 0 aliphatic carbocycles. The van der Waals surface area contributed by atoms with Gasteiger partial charge in [0.25, 0.3) is 10.0 Å². The van der Waals surface area contributed by atoms with E-state index >= 15 is 0 Å². The van der Waals surface area contributed by atoms with E-state index in [0.717, 1.165) is 0 Å². The van der Waals surface area contributed by atoms with Crippen molar-refractivity contribution in [3.63, 3.8) is 0 Å². The zero-order valence-electron chi connectivity index (χ0n) is 11.1. The van der Waals surface area contributed by atoms with Crippen molar-refractivity contribution in [3.05, 3.63) is 51.8 Å². The Labute approximate surface area is 133 Å². The second-order valence-electron chi connectivity index (χ2n) is 4.38. The van der Waals surface area contributed by atoms with E-state index in [4.69, 9.17) is 28.9 Å². The molecule has 0 radical (unpaired) electrons. The first-order chi connectivity index (χ1) is 9.85. The maximum Gasteiger partial charge on any atom is 0.263 e. The van der Waals surface area contributed by atoms with Gasteiger partial charge in [-0.1, -0.05) is 23.2 Å². The first-order valence-corrected chi connectivity index (χ1v) is 8.20. The van der Waals surface area contributed by atoms with Crippen molar-refractivity contribution in [2.45, 2.75) is 18.4 Å². The average Bonchev–Trinajstić information content (AvgIpc) is 2.43. The van der Waals surface area contributed by atoms with Gasteiger partial charge in [-0.05, 0) is 36.2 Å². The van der Waals surface area contributed by atoms with Crippen LogP contribution in [-0.2, 0) is 16.6 Å². The highest BCUT2D eigenvalue weighted by molar-refractivity contribution is 7.92. The Hall–Kier alpha value is -1.34. The summed E-state index contributed by atoms with van der Waals surface area (Å²) in [5, 5.41) is 0.327. The predicted octanol–water partition coefficient (Wildman–Crippen LogP) is 2.96. The number of hydrogen-bond acceptors (Lipinski definition) is 4. The van der Waals surface area contributed by atoms with Gasteiger partial charge in [0.15, 0.2) is 0 Å². The Kier molecular flexibility index (Phi) is 4.73. The topological polar surface area (TPSA) is 85.1 Å². The minimum Gasteiger partial charge on any atom is -0.326 e. The third-order valence-electron chi connectivity index (χ3n) is 2.85. The molecular formula is C13H13Cl2N3O2S. The van der Waals surface area contributed by atoms with E-state index in [-0.39, 0.29) is 21.5 Å². The fraction of sp³-hybridized carbons (Fsp3) is 0.154. The van der Waals surface area contributed by atoms with Gasteiger partial charge in [-0.3, -0.25) is 9.71 Å². The van der Waals surface area contributed by atoms with Crippen LogP contribution in [0.15, 0.2) is 35.5 Å². The van der Waals surface area contributed by atoms with Crippen LogP contribution in [0, 0.1) is 6.92 Å². The Morgan fingerprint density at radius 1 is 1.33 bits per heavy atom.